The van der Waals surface area contributed by atoms with Crippen molar-refractivity contribution in [3.63, 3.8) is 0 Å². The summed E-state index contributed by atoms with van der Waals surface area (Å²) in [4.78, 5) is 0. The van der Waals surface area contributed by atoms with Crippen molar-refractivity contribution in [3.8, 4) is 5.75 Å². The Balaban J connectivity index is 1.49. The van der Waals surface area contributed by atoms with Crippen molar-refractivity contribution in [1.82, 2.24) is 0 Å². The fourth-order valence-electron chi connectivity index (χ4n) is 2.60. The molecule has 0 radical (unpaired) electrons. The summed E-state index contributed by atoms with van der Waals surface area (Å²) in [5.41, 5.74) is 4.01. The zero-order valence-electron chi connectivity index (χ0n) is 14.0. The highest BCUT2D eigenvalue weighted by molar-refractivity contribution is 5.32. The smallest absolute Gasteiger partial charge is 0.119 e. The normalized spacial score (nSPS) is 14.0. The number of hydrogen-bond donors (Lipinski definition) is 0. The highest BCUT2D eigenvalue weighted by Gasteiger charge is 2.21. The van der Waals surface area contributed by atoms with E-state index >= 15 is 0 Å². The maximum atomic E-state index is 5.79. The summed E-state index contributed by atoms with van der Waals surface area (Å²) in [5, 5.41) is 0. The zero-order chi connectivity index (χ0) is 15.9. The van der Waals surface area contributed by atoms with Gasteiger partial charge in [0.2, 0.25) is 0 Å². The lowest BCUT2D eigenvalue weighted by Crippen LogP contribution is -1.99. The minimum atomic E-state index is 0.790. The number of benzene rings is 2. The summed E-state index contributed by atoms with van der Waals surface area (Å²) in [7, 11) is 0. The van der Waals surface area contributed by atoms with E-state index < -0.39 is 0 Å². The first-order valence-corrected chi connectivity index (χ1v) is 8.71. The number of rotatable bonds is 9. The second-order valence-corrected chi connectivity index (χ2v) is 6.34. The molecule has 0 bridgehead atoms. The van der Waals surface area contributed by atoms with Crippen LogP contribution in [0.2, 0.25) is 0 Å². The van der Waals surface area contributed by atoms with Crippen LogP contribution in [0.25, 0.3) is 0 Å². The minimum absolute atomic E-state index is 0.790. The van der Waals surface area contributed by atoms with Gasteiger partial charge in [0.05, 0.1) is 13.2 Å². The molecule has 0 saturated heterocycles. The molecule has 2 nitrogen and oxygen atoms in total. The Morgan fingerprint density at radius 2 is 1.48 bits per heavy atom. The topological polar surface area (TPSA) is 18.5 Å². The molecule has 0 aromatic heterocycles. The zero-order valence-corrected chi connectivity index (χ0v) is 14.0. The maximum Gasteiger partial charge on any atom is 0.119 e. The summed E-state index contributed by atoms with van der Waals surface area (Å²) < 4.78 is 11.2. The standard InChI is InChI=1S/C21H26O2/c1-2-22-14-13-17-3-5-18(6-4-17)15-19-9-11-21(12-10-19)23-16-20-7-8-20/h3-6,9-12,20H,2,7-8,13-16H2,1H3. The molecule has 0 atom stereocenters. The van der Waals surface area contributed by atoms with Crippen molar-refractivity contribution in [2.24, 2.45) is 5.92 Å². The van der Waals surface area contributed by atoms with E-state index in [0.29, 0.717) is 0 Å². The van der Waals surface area contributed by atoms with Crippen molar-refractivity contribution >= 4 is 0 Å². The quantitative estimate of drug-likeness (QED) is 0.628. The molecule has 1 saturated carbocycles. The molecule has 2 heteroatoms. The Kier molecular flexibility index (Phi) is 5.71. The van der Waals surface area contributed by atoms with Gasteiger partial charge < -0.3 is 9.47 Å². The molecule has 122 valence electrons. The van der Waals surface area contributed by atoms with Crippen molar-refractivity contribution in [1.29, 1.82) is 0 Å². The first-order chi connectivity index (χ1) is 11.3. The van der Waals surface area contributed by atoms with Crippen molar-refractivity contribution in [2.45, 2.75) is 32.6 Å². The molecule has 0 unspecified atom stereocenters. The SMILES string of the molecule is CCOCCc1ccc(Cc2ccc(OCC3CC3)cc2)cc1. The van der Waals surface area contributed by atoms with E-state index in [1.807, 2.05) is 6.92 Å². The van der Waals surface area contributed by atoms with Crippen LogP contribution in [-0.4, -0.2) is 19.8 Å². The molecule has 23 heavy (non-hydrogen) atoms. The molecular weight excluding hydrogens is 284 g/mol. The second-order valence-electron chi connectivity index (χ2n) is 6.34. The van der Waals surface area contributed by atoms with Gasteiger partial charge in [-0.3, -0.25) is 0 Å². The van der Waals surface area contributed by atoms with Gasteiger partial charge in [0, 0.05) is 6.61 Å². The van der Waals surface area contributed by atoms with Gasteiger partial charge in [-0.05, 0) is 67.3 Å². The molecule has 2 aromatic rings. The molecular formula is C21H26O2. The van der Waals surface area contributed by atoms with Crippen molar-refractivity contribution in [3.05, 3.63) is 65.2 Å². The van der Waals surface area contributed by atoms with E-state index in [9.17, 15) is 0 Å². The van der Waals surface area contributed by atoms with Crippen LogP contribution in [0.1, 0.15) is 36.5 Å². The van der Waals surface area contributed by atoms with Crippen LogP contribution in [0.5, 0.6) is 5.75 Å². The first kappa shape index (κ1) is 16.1. The van der Waals surface area contributed by atoms with Gasteiger partial charge in [-0.1, -0.05) is 36.4 Å². The van der Waals surface area contributed by atoms with Crippen LogP contribution in [-0.2, 0) is 17.6 Å². The molecule has 0 aliphatic heterocycles. The fourth-order valence-corrected chi connectivity index (χ4v) is 2.60. The van der Waals surface area contributed by atoms with Gasteiger partial charge in [-0.15, -0.1) is 0 Å². The summed E-state index contributed by atoms with van der Waals surface area (Å²) in [6.45, 7) is 4.50. The molecule has 0 amide bonds. The minimum Gasteiger partial charge on any atom is -0.493 e. The molecule has 1 fully saturated rings. The Bertz CT molecular complexity index is 582. The first-order valence-electron chi connectivity index (χ1n) is 8.71. The Labute approximate surface area is 139 Å². The average molecular weight is 310 g/mol. The summed E-state index contributed by atoms with van der Waals surface area (Å²) in [6.07, 6.45) is 4.62. The van der Waals surface area contributed by atoms with Gasteiger partial charge >= 0.3 is 0 Å². The summed E-state index contributed by atoms with van der Waals surface area (Å²) in [5.74, 6) is 1.79. The summed E-state index contributed by atoms with van der Waals surface area (Å²) in [6, 6.07) is 17.4. The van der Waals surface area contributed by atoms with Gasteiger partial charge in [-0.2, -0.15) is 0 Å². The molecule has 0 spiro atoms. The van der Waals surface area contributed by atoms with E-state index in [0.717, 1.165) is 44.3 Å². The molecule has 0 heterocycles. The predicted molar refractivity (Wildman–Crippen MR) is 94.1 cm³/mol. The molecule has 3 rings (SSSR count). The third-order valence-electron chi connectivity index (χ3n) is 4.28. The molecule has 1 aliphatic carbocycles. The highest BCUT2D eigenvalue weighted by atomic mass is 16.5. The Hall–Kier alpha value is -1.80. The van der Waals surface area contributed by atoms with E-state index in [1.54, 1.807) is 0 Å². The van der Waals surface area contributed by atoms with E-state index in [-0.39, 0.29) is 0 Å². The van der Waals surface area contributed by atoms with Crippen LogP contribution < -0.4 is 4.74 Å². The largest absolute Gasteiger partial charge is 0.493 e. The van der Waals surface area contributed by atoms with Gasteiger partial charge in [-0.25, -0.2) is 0 Å². The average Bonchev–Trinajstić information content (AvgIpc) is 3.40. The predicted octanol–water partition coefficient (Wildman–Crippen LogP) is 4.65. The number of ether oxygens (including phenoxy) is 2. The monoisotopic (exact) mass is 310 g/mol. The van der Waals surface area contributed by atoms with Crippen molar-refractivity contribution in [2.75, 3.05) is 19.8 Å². The van der Waals surface area contributed by atoms with Crippen LogP contribution >= 0.6 is 0 Å². The van der Waals surface area contributed by atoms with Crippen LogP contribution in [0.3, 0.4) is 0 Å². The van der Waals surface area contributed by atoms with E-state index in [4.69, 9.17) is 9.47 Å². The molecule has 2 aromatic carbocycles. The lowest BCUT2D eigenvalue weighted by Gasteiger charge is -2.07. The van der Waals surface area contributed by atoms with Gasteiger partial charge in [0.15, 0.2) is 0 Å². The summed E-state index contributed by atoms with van der Waals surface area (Å²) >= 11 is 0. The van der Waals surface area contributed by atoms with Crippen LogP contribution in [0.4, 0.5) is 0 Å². The third kappa shape index (κ3) is 5.40. The van der Waals surface area contributed by atoms with Crippen LogP contribution in [0, 0.1) is 5.92 Å². The lowest BCUT2D eigenvalue weighted by molar-refractivity contribution is 0.151. The lowest BCUT2D eigenvalue weighted by atomic mass is 10.0. The van der Waals surface area contributed by atoms with Crippen LogP contribution in [0.15, 0.2) is 48.5 Å². The Morgan fingerprint density at radius 1 is 0.870 bits per heavy atom. The van der Waals surface area contributed by atoms with Crippen molar-refractivity contribution < 1.29 is 9.47 Å². The fraction of sp³-hybridized carbons (Fsp3) is 0.429. The highest BCUT2D eigenvalue weighted by Crippen LogP contribution is 2.29. The van der Waals surface area contributed by atoms with Gasteiger partial charge in [0.25, 0.3) is 0 Å². The maximum absolute atomic E-state index is 5.79. The third-order valence-corrected chi connectivity index (χ3v) is 4.28. The Morgan fingerprint density at radius 3 is 2.09 bits per heavy atom. The van der Waals surface area contributed by atoms with Gasteiger partial charge in [0.1, 0.15) is 5.75 Å². The van der Waals surface area contributed by atoms with E-state index in [2.05, 4.69) is 48.5 Å². The molecule has 0 N–H and O–H groups in total. The molecule has 1 aliphatic rings. The second kappa shape index (κ2) is 8.16. The van der Waals surface area contributed by atoms with E-state index in [1.165, 1.54) is 29.5 Å². The number of hydrogen-bond acceptors (Lipinski definition) is 2.